The number of alkyl halides is 3. The van der Waals surface area contributed by atoms with Crippen molar-refractivity contribution in [1.29, 1.82) is 0 Å². The zero-order chi connectivity index (χ0) is 25.2. The monoisotopic (exact) mass is 604 g/mol. The second-order valence-corrected chi connectivity index (χ2v) is 10.6. The fraction of sp³-hybridized carbons (Fsp3) is 0.333. The summed E-state index contributed by atoms with van der Waals surface area (Å²) >= 11 is 2.48. The Morgan fingerprint density at radius 1 is 0.771 bits per heavy atom. The summed E-state index contributed by atoms with van der Waals surface area (Å²) in [5.74, 6) is -5.11. The molecule has 0 spiro atoms. The maximum absolute atomic E-state index is 14.5. The molecule has 1 aliphatic rings. The van der Waals surface area contributed by atoms with E-state index in [-0.39, 0.29) is 12.0 Å². The molecule has 0 radical (unpaired) electrons. The summed E-state index contributed by atoms with van der Waals surface area (Å²) in [6, 6.07) is 11.2. The first-order chi connectivity index (χ1) is 16.6. The van der Waals surface area contributed by atoms with Gasteiger partial charge in [-0.05, 0) is 66.8 Å². The molecule has 0 heterocycles. The molecule has 0 saturated heterocycles. The van der Waals surface area contributed by atoms with Gasteiger partial charge in [-0.2, -0.15) is 8.78 Å². The van der Waals surface area contributed by atoms with Crippen molar-refractivity contribution in [2.45, 2.75) is 54.5 Å². The van der Waals surface area contributed by atoms with E-state index in [4.69, 9.17) is 0 Å². The van der Waals surface area contributed by atoms with Gasteiger partial charge in [0.15, 0.2) is 11.6 Å². The van der Waals surface area contributed by atoms with E-state index in [0.29, 0.717) is 29.7 Å². The van der Waals surface area contributed by atoms with Gasteiger partial charge in [0, 0.05) is 16.1 Å². The number of rotatable bonds is 7. The number of hydrogen-bond acceptors (Lipinski definition) is 1. The molecule has 8 heteroatoms. The van der Waals surface area contributed by atoms with E-state index in [1.165, 1.54) is 18.4 Å². The lowest BCUT2D eigenvalue weighted by molar-refractivity contribution is -0.180. The van der Waals surface area contributed by atoms with Gasteiger partial charge in [0.1, 0.15) is 17.4 Å². The molecule has 1 saturated carbocycles. The molecule has 0 bridgehead atoms. The van der Waals surface area contributed by atoms with E-state index in [1.807, 2.05) is 24.3 Å². The third-order valence-corrected chi connectivity index (χ3v) is 7.55. The molecule has 0 unspecified atom stereocenters. The van der Waals surface area contributed by atoms with Gasteiger partial charge in [-0.25, -0.2) is 17.6 Å². The van der Waals surface area contributed by atoms with E-state index in [9.17, 15) is 26.3 Å². The predicted octanol–water partition coefficient (Wildman–Crippen LogP) is 8.98. The van der Waals surface area contributed by atoms with Crippen molar-refractivity contribution in [3.05, 3.63) is 89.0 Å². The topological polar surface area (TPSA) is 9.23 Å². The van der Waals surface area contributed by atoms with E-state index in [0.717, 1.165) is 28.9 Å². The van der Waals surface area contributed by atoms with Crippen molar-refractivity contribution in [2.24, 2.45) is 0 Å². The molecule has 4 rings (SSSR count). The zero-order valence-electron chi connectivity index (χ0n) is 18.6. The fourth-order valence-electron chi connectivity index (χ4n) is 4.39. The lowest BCUT2D eigenvalue weighted by Gasteiger charge is -2.25. The molecule has 0 aliphatic heterocycles. The van der Waals surface area contributed by atoms with Gasteiger partial charge >= 0.3 is 6.11 Å². The molecule has 0 atom stereocenters. The lowest BCUT2D eigenvalue weighted by Crippen LogP contribution is -2.25. The average molecular weight is 604 g/mol. The van der Waals surface area contributed by atoms with E-state index < -0.39 is 47.1 Å². The van der Waals surface area contributed by atoms with Crippen LogP contribution in [0.15, 0.2) is 54.6 Å². The third-order valence-electron chi connectivity index (χ3n) is 6.30. The number of hydrogen-bond donors (Lipinski definition) is 0. The Balaban J connectivity index is 1.39. The molecule has 1 nitrogen and oxygen atoms in total. The first kappa shape index (κ1) is 25.9. The molecule has 0 amide bonds. The van der Waals surface area contributed by atoms with Crippen LogP contribution in [0.1, 0.15) is 49.1 Å². The van der Waals surface area contributed by atoms with Gasteiger partial charge in [0.25, 0.3) is 0 Å². The summed E-state index contributed by atoms with van der Waals surface area (Å²) in [5.41, 5.74) is 1.01. The summed E-state index contributed by atoms with van der Waals surface area (Å²) in [4.78, 5) is 0. The largest absolute Gasteiger partial charge is 0.432 e. The van der Waals surface area contributed by atoms with Crippen molar-refractivity contribution in [2.75, 3.05) is 0 Å². The van der Waals surface area contributed by atoms with Crippen LogP contribution in [0, 0.1) is 23.3 Å². The molecule has 3 aromatic rings. The van der Waals surface area contributed by atoms with Crippen LogP contribution in [0.5, 0.6) is 5.75 Å². The third kappa shape index (κ3) is 6.51. The molecule has 1 fully saturated rings. The number of ether oxygens (including phenoxy) is 1. The van der Waals surface area contributed by atoms with Crippen molar-refractivity contribution >= 4 is 22.6 Å². The first-order valence-corrected chi connectivity index (χ1v) is 12.6. The van der Waals surface area contributed by atoms with Gasteiger partial charge in [-0.15, -0.1) is 0 Å². The van der Waals surface area contributed by atoms with Gasteiger partial charge in [-0.1, -0.05) is 52.9 Å². The van der Waals surface area contributed by atoms with Crippen LogP contribution < -0.4 is 4.74 Å². The maximum Gasteiger partial charge on any atom is 0.398 e. The Hall–Kier alpha value is -2.23. The molecule has 186 valence electrons. The molecule has 0 N–H and O–H groups in total. The molecular weight excluding hydrogens is 581 g/mol. The minimum Gasteiger partial charge on any atom is -0.432 e. The van der Waals surface area contributed by atoms with Crippen LogP contribution in [0.2, 0.25) is 0 Å². The zero-order valence-corrected chi connectivity index (χ0v) is 20.8. The molecular formula is C27H23F6IO. The van der Waals surface area contributed by atoms with Crippen molar-refractivity contribution < 1.29 is 31.1 Å². The van der Waals surface area contributed by atoms with Gasteiger partial charge in [-0.3, -0.25) is 0 Å². The average Bonchev–Trinajstić information content (AvgIpc) is 2.80. The molecule has 0 aromatic heterocycles. The van der Waals surface area contributed by atoms with E-state index in [2.05, 4.69) is 27.3 Å². The standard InChI is InChI=1S/C27H23F6IO/c28-22-10-7-19(13-23(22)29)26-24(30)14-21(15-25(26)31)35-27(32,33)12-11-16-1-3-17(4-2-16)18-5-8-20(34)9-6-18/h1-4,7,10,13-15,18,20H,5-6,8-9,11-12H2. The Labute approximate surface area is 213 Å². The van der Waals surface area contributed by atoms with Gasteiger partial charge in [0.2, 0.25) is 0 Å². The Bertz CT molecular complexity index is 1150. The van der Waals surface area contributed by atoms with Crippen molar-refractivity contribution in [1.82, 2.24) is 0 Å². The lowest BCUT2D eigenvalue weighted by atomic mass is 9.84. The van der Waals surface area contributed by atoms with Gasteiger partial charge < -0.3 is 4.74 Å². The van der Waals surface area contributed by atoms with Crippen molar-refractivity contribution in [3.63, 3.8) is 0 Å². The van der Waals surface area contributed by atoms with Gasteiger partial charge in [0.05, 0.1) is 12.0 Å². The minimum atomic E-state index is -3.67. The first-order valence-electron chi connectivity index (χ1n) is 11.4. The summed E-state index contributed by atoms with van der Waals surface area (Å²) in [5, 5.41) is 0. The van der Waals surface area contributed by atoms with E-state index >= 15 is 0 Å². The summed E-state index contributed by atoms with van der Waals surface area (Å²) in [6.07, 6.45) is 0.284. The quantitative estimate of drug-likeness (QED) is 0.149. The number of halogens is 7. The maximum atomic E-state index is 14.5. The van der Waals surface area contributed by atoms with E-state index in [1.54, 1.807) is 0 Å². The highest BCUT2D eigenvalue weighted by molar-refractivity contribution is 14.1. The highest BCUT2D eigenvalue weighted by atomic mass is 127. The van der Waals surface area contributed by atoms with Crippen LogP contribution in [0.4, 0.5) is 26.3 Å². The minimum absolute atomic E-state index is 0.0195. The second kappa shape index (κ2) is 10.8. The normalized spacial score (nSPS) is 18.5. The van der Waals surface area contributed by atoms with Crippen LogP contribution >= 0.6 is 22.6 Å². The highest BCUT2D eigenvalue weighted by Crippen LogP contribution is 2.36. The second-order valence-electron chi connectivity index (χ2n) is 8.82. The fourth-order valence-corrected chi connectivity index (χ4v) is 5.11. The Morgan fingerprint density at radius 3 is 2.00 bits per heavy atom. The number of aryl methyl sites for hydroxylation is 1. The smallest absolute Gasteiger partial charge is 0.398 e. The molecule has 1 aliphatic carbocycles. The Kier molecular flexibility index (Phi) is 7.98. The van der Waals surface area contributed by atoms with Crippen molar-refractivity contribution in [3.8, 4) is 16.9 Å². The number of benzene rings is 3. The summed E-state index contributed by atoms with van der Waals surface area (Å²) in [7, 11) is 0. The van der Waals surface area contributed by atoms with Crippen LogP contribution in [-0.2, 0) is 6.42 Å². The SMILES string of the molecule is Fc1ccc(-c2c(F)cc(OC(F)(F)CCc3ccc(C4CCC(I)CC4)cc3)cc2F)cc1F. The molecule has 35 heavy (non-hydrogen) atoms. The predicted molar refractivity (Wildman–Crippen MR) is 131 cm³/mol. The summed E-state index contributed by atoms with van der Waals surface area (Å²) in [6.45, 7) is 0. The van der Waals surface area contributed by atoms with Crippen LogP contribution in [0.25, 0.3) is 11.1 Å². The van der Waals surface area contributed by atoms with Crippen LogP contribution in [-0.4, -0.2) is 10.0 Å². The highest BCUT2D eigenvalue weighted by Gasteiger charge is 2.32. The molecule has 3 aromatic carbocycles. The van der Waals surface area contributed by atoms with Crippen LogP contribution in [0.3, 0.4) is 0 Å². The Morgan fingerprint density at radius 2 is 1.40 bits per heavy atom. The summed E-state index contributed by atoms with van der Waals surface area (Å²) < 4.78 is 89.7.